The molecule has 2 atom stereocenters. The molecule has 0 fully saturated rings. The van der Waals surface area contributed by atoms with Crippen LogP contribution >= 0.6 is 23.1 Å². The molecule has 6 heteroatoms. The molecule has 1 aromatic heterocycles. The zero-order valence-corrected chi connectivity index (χ0v) is 20.6. The molecule has 1 aliphatic carbocycles. The average molecular weight is 480 g/mol. The van der Waals surface area contributed by atoms with Crippen molar-refractivity contribution in [3.8, 4) is 0 Å². The lowest BCUT2D eigenvalue weighted by Crippen LogP contribution is -2.20. The van der Waals surface area contributed by atoms with Gasteiger partial charge in [0, 0.05) is 9.77 Å². The number of nitrogens with one attached hydrogen (secondary N) is 1. The highest BCUT2D eigenvalue weighted by Gasteiger charge is 2.31. The third-order valence-electron chi connectivity index (χ3n) is 5.73. The summed E-state index contributed by atoms with van der Waals surface area (Å²) in [4.78, 5) is 28.8. The first-order valence-electron chi connectivity index (χ1n) is 11.5. The van der Waals surface area contributed by atoms with Gasteiger partial charge in [-0.15, -0.1) is 23.1 Å². The van der Waals surface area contributed by atoms with Gasteiger partial charge in [-0.1, -0.05) is 62.4 Å². The normalized spacial score (nSPS) is 16.0. The van der Waals surface area contributed by atoms with Gasteiger partial charge in [-0.2, -0.15) is 0 Å². The number of hydrogen-bond acceptors (Lipinski definition) is 5. The van der Waals surface area contributed by atoms with E-state index in [0.29, 0.717) is 23.1 Å². The van der Waals surface area contributed by atoms with Crippen LogP contribution < -0.4 is 5.32 Å². The van der Waals surface area contributed by atoms with Crippen molar-refractivity contribution in [2.24, 2.45) is 5.92 Å². The lowest BCUT2D eigenvalue weighted by molar-refractivity contribution is -0.115. The second-order valence-electron chi connectivity index (χ2n) is 8.40. The van der Waals surface area contributed by atoms with Gasteiger partial charge in [-0.05, 0) is 54.9 Å². The molecule has 4 nitrogen and oxygen atoms in total. The average Bonchev–Trinajstić information content (AvgIpc) is 3.18. The Labute approximate surface area is 203 Å². The van der Waals surface area contributed by atoms with E-state index in [1.165, 1.54) is 28.0 Å². The Morgan fingerprint density at radius 2 is 1.82 bits per heavy atom. The maximum absolute atomic E-state index is 13.6. The van der Waals surface area contributed by atoms with Crippen LogP contribution in [0.5, 0.6) is 0 Å². The fourth-order valence-electron chi connectivity index (χ4n) is 4.04. The highest BCUT2D eigenvalue weighted by molar-refractivity contribution is 8.00. The fourth-order valence-corrected chi connectivity index (χ4v) is 6.48. The van der Waals surface area contributed by atoms with Crippen LogP contribution in [-0.4, -0.2) is 18.5 Å². The summed E-state index contributed by atoms with van der Waals surface area (Å²) in [6, 6.07) is 19.7. The van der Waals surface area contributed by atoms with Crippen LogP contribution in [0.15, 0.2) is 65.6 Å². The highest BCUT2D eigenvalue weighted by atomic mass is 32.2. The van der Waals surface area contributed by atoms with Crippen molar-refractivity contribution in [1.82, 2.24) is 0 Å². The molecule has 0 radical (unpaired) electrons. The van der Waals surface area contributed by atoms with E-state index in [1.54, 1.807) is 0 Å². The number of hydrogen-bond donors (Lipinski definition) is 1. The van der Waals surface area contributed by atoms with E-state index < -0.39 is 5.25 Å². The molecule has 0 bridgehead atoms. The molecule has 172 valence electrons. The first kappa shape index (κ1) is 23.6. The summed E-state index contributed by atoms with van der Waals surface area (Å²) in [6.45, 7) is 4.59. The fraction of sp³-hybridized carbons (Fsp3) is 0.333. The summed E-state index contributed by atoms with van der Waals surface area (Å²) in [6.07, 6.45) is 3.59. The van der Waals surface area contributed by atoms with Crippen molar-refractivity contribution in [2.75, 3.05) is 11.9 Å². The molecule has 1 aliphatic rings. The molecule has 0 spiro atoms. The Hall–Kier alpha value is -2.57. The summed E-state index contributed by atoms with van der Waals surface area (Å²) in [5.41, 5.74) is 2.54. The molecular formula is C27H29NO3S2. The van der Waals surface area contributed by atoms with Gasteiger partial charge < -0.3 is 10.1 Å². The van der Waals surface area contributed by atoms with Gasteiger partial charge in [0.15, 0.2) is 0 Å². The summed E-state index contributed by atoms with van der Waals surface area (Å²) in [5.74, 6) is 0.113. The second-order valence-corrected chi connectivity index (χ2v) is 10.7. The number of ether oxygens (including phenoxy) is 1. The molecule has 4 rings (SSSR count). The van der Waals surface area contributed by atoms with E-state index in [9.17, 15) is 9.59 Å². The van der Waals surface area contributed by atoms with Gasteiger partial charge in [0.05, 0.1) is 12.2 Å². The summed E-state index contributed by atoms with van der Waals surface area (Å²) in [5, 5.41) is 3.30. The number of thioether (sulfide) groups is 1. The SMILES string of the molecule is CCCOC(=O)c1c(NC(=O)C(Sc2ccccc2)c2ccccc2)sc2c1CCC(C)C2. The summed E-state index contributed by atoms with van der Waals surface area (Å²) < 4.78 is 5.50. The number of carbonyl (C=O) groups is 2. The van der Waals surface area contributed by atoms with Crippen LogP contribution in [0.1, 0.15) is 58.3 Å². The van der Waals surface area contributed by atoms with Crippen molar-refractivity contribution < 1.29 is 14.3 Å². The van der Waals surface area contributed by atoms with Crippen molar-refractivity contribution >= 4 is 40.0 Å². The Balaban J connectivity index is 1.65. The van der Waals surface area contributed by atoms with E-state index in [1.807, 2.05) is 67.6 Å². The minimum atomic E-state index is -0.439. The van der Waals surface area contributed by atoms with E-state index in [-0.39, 0.29) is 11.9 Å². The number of thiophene rings is 1. The van der Waals surface area contributed by atoms with Gasteiger partial charge in [0.1, 0.15) is 10.3 Å². The third-order valence-corrected chi connectivity index (χ3v) is 8.16. The van der Waals surface area contributed by atoms with Gasteiger partial charge >= 0.3 is 5.97 Å². The minimum Gasteiger partial charge on any atom is -0.462 e. The van der Waals surface area contributed by atoms with E-state index in [0.717, 1.165) is 41.7 Å². The number of carbonyl (C=O) groups excluding carboxylic acids is 2. The second kappa shape index (κ2) is 11.0. The molecule has 2 aromatic carbocycles. The van der Waals surface area contributed by atoms with E-state index in [4.69, 9.17) is 4.74 Å². The maximum Gasteiger partial charge on any atom is 0.341 e. The number of anilines is 1. The number of fused-ring (bicyclic) bond motifs is 1. The largest absolute Gasteiger partial charge is 0.462 e. The van der Waals surface area contributed by atoms with E-state index in [2.05, 4.69) is 12.2 Å². The van der Waals surface area contributed by atoms with Gasteiger partial charge in [-0.3, -0.25) is 4.79 Å². The summed E-state index contributed by atoms with van der Waals surface area (Å²) >= 11 is 3.04. The predicted octanol–water partition coefficient (Wildman–Crippen LogP) is 6.91. The predicted molar refractivity (Wildman–Crippen MR) is 136 cm³/mol. The van der Waals surface area contributed by atoms with Crippen LogP contribution in [0, 0.1) is 5.92 Å². The van der Waals surface area contributed by atoms with Crippen LogP contribution in [0.25, 0.3) is 0 Å². The molecule has 3 aromatic rings. The maximum atomic E-state index is 13.6. The van der Waals surface area contributed by atoms with Crippen LogP contribution in [0.2, 0.25) is 0 Å². The van der Waals surface area contributed by atoms with Crippen molar-refractivity contribution in [3.05, 3.63) is 82.2 Å². The molecule has 2 unspecified atom stereocenters. The Morgan fingerprint density at radius 3 is 2.52 bits per heavy atom. The lowest BCUT2D eigenvalue weighted by atomic mass is 9.88. The number of rotatable bonds is 8. The van der Waals surface area contributed by atoms with Crippen molar-refractivity contribution in [2.45, 2.75) is 49.7 Å². The summed E-state index contributed by atoms with van der Waals surface area (Å²) in [7, 11) is 0. The molecular weight excluding hydrogens is 450 g/mol. The monoisotopic (exact) mass is 479 g/mol. The van der Waals surface area contributed by atoms with Crippen LogP contribution in [0.3, 0.4) is 0 Å². The number of esters is 1. The van der Waals surface area contributed by atoms with E-state index >= 15 is 0 Å². The Kier molecular flexibility index (Phi) is 7.89. The Morgan fingerprint density at radius 1 is 1.12 bits per heavy atom. The first-order valence-corrected chi connectivity index (χ1v) is 13.2. The number of amides is 1. The zero-order valence-electron chi connectivity index (χ0n) is 19.0. The van der Waals surface area contributed by atoms with Gasteiger partial charge in [-0.25, -0.2) is 4.79 Å². The lowest BCUT2D eigenvalue weighted by Gasteiger charge is -2.18. The topological polar surface area (TPSA) is 55.4 Å². The molecule has 0 saturated heterocycles. The molecule has 0 aliphatic heterocycles. The third kappa shape index (κ3) is 5.68. The smallest absolute Gasteiger partial charge is 0.341 e. The molecule has 1 N–H and O–H groups in total. The molecule has 1 amide bonds. The Bertz CT molecular complexity index is 1100. The van der Waals surface area contributed by atoms with Gasteiger partial charge in [0.25, 0.3) is 0 Å². The van der Waals surface area contributed by atoms with Crippen LogP contribution in [-0.2, 0) is 22.4 Å². The molecule has 1 heterocycles. The van der Waals surface area contributed by atoms with Crippen molar-refractivity contribution in [3.63, 3.8) is 0 Å². The van der Waals surface area contributed by atoms with Crippen molar-refractivity contribution in [1.29, 1.82) is 0 Å². The zero-order chi connectivity index (χ0) is 23.2. The molecule has 0 saturated carbocycles. The quantitative estimate of drug-likeness (QED) is 0.282. The standard InChI is InChI=1S/C27H29NO3S2/c1-3-16-31-27(30)23-21-15-14-18(2)17-22(21)33-26(23)28-25(29)24(19-10-6-4-7-11-19)32-20-12-8-5-9-13-20/h4-13,18,24H,3,14-17H2,1-2H3,(H,28,29). The highest BCUT2D eigenvalue weighted by Crippen LogP contribution is 2.42. The number of benzene rings is 2. The van der Waals surface area contributed by atoms with Gasteiger partial charge in [0.2, 0.25) is 5.91 Å². The first-order chi connectivity index (χ1) is 16.1. The molecule has 33 heavy (non-hydrogen) atoms. The van der Waals surface area contributed by atoms with Crippen LogP contribution in [0.4, 0.5) is 5.00 Å². The minimum absolute atomic E-state index is 0.133.